The van der Waals surface area contributed by atoms with Gasteiger partial charge in [-0.3, -0.25) is 15.2 Å². The number of aromatic nitrogens is 4. The number of rotatable bonds is 6. The molecular weight excluding hydrogens is 240 g/mol. The summed E-state index contributed by atoms with van der Waals surface area (Å²) in [5.74, 6) is 5.76. The van der Waals surface area contributed by atoms with Gasteiger partial charge in [-0.15, -0.1) is 0 Å². The fourth-order valence-corrected chi connectivity index (χ4v) is 2.36. The average Bonchev–Trinajstić information content (AvgIpc) is 2.99. The maximum absolute atomic E-state index is 5.76. The van der Waals surface area contributed by atoms with Crippen LogP contribution in [-0.2, 0) is 13.1 Å². The first-order valence-corrected chi connectivity index (χ1v) is 6.73. The van der Waals surface area contributed by atoms with Gasteiger partial charge in [0.05, 0.1) is 17.1 Å². The molecule has 0 bridgehead atoms. The number of nitrogens with one attached hydrogen (secondary N) is 1. The lowest BCUT2D eigenvalue weighted by atomic mass is 10.1. The summed E-state index contributed by atoms with van der Waals surface area (Å²) in [5.41, 5.74) is 6.02. The summed E-state index contributed by atoms with van der Waals surface area (Å²) >= 11 is 0. The predicted molar refractivity (Wildman–Crippen MR) is 74.3 cm³/mol. The molecule has 0 amide bonds. The largest absolute Gasteiger partial charge is 0.270 e. The third kappa shape index (κ3) is 2.69. The van der Waals surface area contributed by atoms with Crippen LogP contribution in [0.5, 0.6) is 0 Å². The van der Waals surface area contributed by atoms with Crippen molar-refractivity contribution in [3.63, 3.8) is 0 Å². The molecule has 2 aromatic rings. The van der Waals surface area contributed by atoms with Crippen LogP contribution in [0.3, 0.4) is 0 Å². The second-order valence-electron chi connectivity index (χ2n) is 4.61. The van der Waals surface area contributed by atoms with E-state index in [2.05, 4.69) is 35.5 Å². The normalized spacial score (nSPS) is 12.8. The van der Waals surface area contributed by atoms with Crippen molar-refractivity contribution in [2.75, 3.05) is 0 Å². The van der Waals surface area contributed by atoms with Crippen LogP contribution in [0.15, 0.2) is 18.3 Å². The fourth-order valence-electron chi connectivity index (χ4n) is 2.36. The topological polar surface area (TPSA) is 73.7 Å². The Hall–Kier alpha value is -1.66. The van der Waals surface area contributed by atoms with E-state index in [9.17, 15) is 0 Å². The van der Waals surface area contributed by atoms with Gasteiger partial charge in [0, 0.05) is 19.3 Å². The standard InChI is InChI=1S/C13H22N6/c1-4-8-19-11(6-7-15-19)13(16-14)12-9-10(3)17-18(12)5-2/h6-7,9,13,16H,4-5,8,14H2,1-3H3. The zero-order valence-electron chi connectivity index (χ0n) is 11.8. The second-order valence-corrected chi connectivity index (χ2v) is 4.61. The first-order valence-electron chi connectivity index (χ1n) is 6.73. The Labute approximate surface area is 113 Å². The molecular formula is C13H22N6. The number of nitrogens with zero attached hydrogens (tertiary/aromatic N) is 4. The molecule has 2 rings (SSSR count). The van der Waals surface area contributed by atoms with Crippen molar-refractivity contribution in [2.45, 2.75) is 46.3 Å². The van der Waals surface area contributed by atoms with E-state index in [1.807, 2.05) is 28.6 Å². The van der Waals surface area contributed by atoms with Gasteiger partial charge < -0.3 is 0 Å². The van der Waals surface area contributed by atoms with E-state index in [-0.39, 0.29) is 6.04 Å². The Balaban J connectivity index is 2.40. The van der Waals surface area contributed by atoms with Gasteiger partial charge >= 0.3 is 0 Å². The number of nitrogens with two attached hydrogens (primary N) is 1. The summed E-state index contributed by atoms with van der Waals surface area (Å²) in [7, 11) is 0. The van der Waals surface area contributed by atoms with Crippen LogP contribution in [-0.4, -0.2) is 19.6 Å². The molecule has 0 saturated carbocycles. The summed E-state index contributed by atoms with van der Waals surface area (Å²) in [6, 6.07) is 3.98. The minimum absolute atomic E-state index is 0.0878. The zero-order valence-corrected chi connectivity index (χ0v) is 11.8. The molecule has 2 aromatic heterocycles. The van der Waals surface area contributed by atoms with Crippen LogP contribution in [0.1, 0.15) is 43.4 Å². The Morgan fingerprint density at radius 2 is 2.11 bits per heavy atom. The highest BCUT2D eigenvalue weighted by atomic mass is 15.3. The van der Waals surface area contributed by atoms with E-state index >= 15 is 0 Å². The average molecular weight is 262 g/mol. The molecule has 104 valence electrons. The third-order valence-electron chi connectivity index (χ3n) is 3.18. The van der Waals surface area contributed by atoms with Crippen molar-refractivity contribution in [3.8, 4) is 0 Å². The number of hydrogen-bond acceptors (Lipinski definition) is 4. The SMILES string of the molecule is CCCn1nccc1C(NN)c1cc(C)nn1CC. The number of aryl methyl sites for hydroxylation is 3. The molecule has 0 aliphatic heterocycles. The summed E-state index contributed by atoms with van der Waals surface area (Å²) in [6.45, 7) is 7.92. The predicted octanol–water partition coefficient (Wildman–Crippen LogP) is 1.37. The van der Waals surface area contributed by atoms with E-state index in [0.29, 0.717) is 0 Å². The minimum atomic E-state index is -0.0878. The van der Waals surface area contributed by atoms with Crippen molar-refractivity contribution < 1.29 is 0 Å². The lowest BCUT2D eigenvalue weighted by Gasteiger charge is -2.18. The molecule has 19 heavy (non-hydrogen) atoms. The highest BCUT2D eigenvalue weighted by molar-refractivity contribution is 5.23. The van der Waals surface area contributed by atoms with Gasteiger partial charge in [0.25, 0.3) is 0 Å². The van der Waals surface area contributed by atoms with Gasteiger partial charge in [0.2, 0.25) is 0 Å². The molecule has 6 heteroatoms. The molecule has 0 saturated heterocycles. The molecule has 0 radical (unpaired) electrons. The minimum Gasteiger partial charge on any atom is -0.270 e. The highest BCUT2D eigenvalue weighted by Gasteiger charge is 2.21. The van der Waals surface area contributed by atoms with Crippen LogP contribution < -0.4 is 11.3 Å². The van der Waals surface area contributed by atoms with Crippen molar-refractivity contribution in [1.82, 2.24) is 25.0 Å². The smallest absolute Gasteiger partial charge is 0.105 e. The quantitative estimate of drug-likeness (QED) is 0.609. The Kier molecular flexibility index (Phi) is 4.34. The van der Waals surface area contributed by atoms with Crippen LogP contribution in [0, 0.1) is 6.92 Å². The number of hydrazine groups is 1. The van der Waals surface area contributed by atoms with Gasteiger partial charge in [-0.25, -0.2) is 5.43 Å². The van der Waals surface area contributed by atoms with E-state index in [4.69, 9.17) is 5.84 Å². The molecule has 0 aliphatic carbocycles. The van der Waals surface area contributed by atoms with Crippen LogP contribution in [0.4, 0.5) is 0 Å². The van der Waals surface area contributed by atoms with Crippen molar-refractivity contribution in [1.29, 1.82) is 0 Å². The molecule has 0 aliphatic rings. The first-order chi connectivity index (χ1) is 9.21. The van der Waals surface area contributed by atoms with Crippen LogP contribution >= 0.6 is 0 Å². The lowest BCUT2D eigenvalue weighted by molar-refractivity contribution is 0.489. The van der Waals surface area contributed by atoms with Crippen molar-refractivity contribution >= 4 is 0 Å². The Morgan fingerprint density at radius 1 is 1.32 bits per heavy atom. The van der Waals surface area contributed by atoms with Gasteiger partial charge in [-0.1, -0.05) is 6.92 Å². The highest BCUT2D eigenvalue weighted by Crippen LogP contribution is 2.22. The summed E-state index contributed by atoms with van der Waals surface area (Å²) < 4.78 is 3.97. The maximum Gasteiger partial charge on any atom is 0.105 e. The zero-order chi connectivity index (χ0) is 13.8. The first kappa shape index (κ1) is 13.8. The van der Waals surface area contributed by atoms with Gasteiger partial charge in [0.15, 0.2) is 0 Å². The molecule has 6 nitrogen and oxygen atoms in total. The number of hydrogen-bond donors (Lipinski definition) is 2. The molecule has 0 aromatic carbocycles. The lowest BCUT2D eigenvalue weighted by Crippen LogP contribution is -2.32. The molecule has 1 unspecified atom stereocenters. The van der Waals surface area contributed by atoms with E-state index < -0.39 is 0 Å². The maximum atomic E-state index is 5.76. The van der Waals surface area contributed by atoms with Gasteiger partial charge in [-0.2, -0.15) is 10.2 Å². The van der Waals surface area contributed by atoms with E-state index in [1.165, 1.54) is 0 Å². The second kappa shape index (κ2) is 5.99. The van der Waals surface area contributed by atoms with Crippen LogP contribution in [0.25, 0.3) is 0 Å². The van der Waals surface area contributed by atoms with Crippen molar-refractivity contribution in [2.24, 2.45) is 5.84 Å². The molecule has 1 atom stereocenters. The summed E-state index contributed by atoms with van der Waals surface area (Å²) in [4.78, 5) is 0. The van der Waals surface area contributed by atoms with Gasteiger partial charge in [-0.05, 0) is 32.4 Å². The van der Waals surface area contributed by atoms with Crippen molar-refractivity contribution in [3.05, 3.63) is 35.4 Å². The van der Waals surface area contributed by atoms with Gasteiger partial charge in [0.1, 0.15) is 6.04 Å². The van der Waals surface area contributed by atoms with Crippen LogP contribution in [0.2, 0.25) is 0 Å². The summed E-state index contributed by atoms with van der Waals surface area (Å²) in [5, 5.41) is 8.83. The molecule has 3 N–H and O–H groups in total. The fraction of sp³-hybridized carbons (Fsp3) is 0.538. The Bertz CT molecular complexity index is 527. The molecule has 2 heterocycles. The summed E-state index contributed by atoms with van der Waals surface area (Å²) in [6.07, 6.45) is 2.85. The molecule has 0 spiro atoms. The monoisotopic (exact) mass is 262 g/mol. The van der Waals surface area contributed by atoms with E-state index in [1.54, 1.807) is 0 Å². The Morgan fingerprint density at radius 3 is 2.74 bits per heavy atom. The molecule has 0 fully saturated rings. The van der Waals surface area contributed by atoms with E-state index in [0.717, 1.165) is 36.6 Å². The third-order valence-corrected chi connectivity index (χ3v) is 3.18.